The maximum Gasteiger partial charge on any atom is 0.237 e. The van der Waals surface area contributed by atoms with E-state index in [1.165, 1.54) is 0 Å². The van der Waals surface area contributed by atoms with Crippen LogP contribution in [-0.4, -0.2) is 23.2 Å². The van der Waals surface area contributed by atoms with E-state index in [0.717, 1.165) is 18.4 Å². The summed E-state index contributed by atoms with van der Waals surface area (Å²) in [6.45, 7) is 0.412. The molecular formula is C15H22N2O3. The second kappa shape index (κ2) is 6.24. The van der Waals surface area contributed by atoms with Crippen LogP contribution < -0.4 is 16.2 Å². The molecule has 1 saturated carbocycles. The largest absolute Gasteiger partial charge is 0.493 e. The van der Waals surface area contributed by atoms with E-state index in [1.807, 2.05) is 24.3 Å². The second-order valence-electron chi connectivity index (χ2n) is 5.40. The molecule has 1 fully saturated rings. The van der Waals surface area contributed by atoms with E-state index in [1.54, 1.807) is 0 Å². The maximum absolute atomic E-state index is 11.5. The van der Waals surface area contributed by atoms with E-state index in [2.05, 4.69) is 0 Å². The van der Waals surface area contributed by atoms with Crippen LogP contribution >= 0.6 is 0 Å². The van der Waals surface area contributed by atoms with Crippen LogP contribution in [-0.2, 0) is 11.4 Å². The summed E-state index contributed by atoms with van der Waals surface area (Å²) in [4.78, 5) is 11.5. The third-order valence-electron chi connectivity index (χ3n) is 4.20. The molecule has 1 aromatic rings. The molecule has 2 atom stereocenters. The van der Waals surface area contributed by atoms with Gasteiger partial charge in [0.2, 0.25) is 5.91 Å². The molecular weight excluding hydrogens is 256 g/mol. The number of aliphatic hydroxyl groups is 1. The third kappa shape index (κ3) is 2.94. The lowest BCUT2D eigenvalue weighted by Gasteiger charge is -2.28. The number of primary amides is 1. The van der Waals surface area contributed by atoms with Gasteiger partial charge in [0, 0.05) is 5.56 Å². The highest BCUT2D eigenvalue weighted by molar-refractivity contribution is 5.85. The monoisotopic (exact) mass is 278 g/mol. The Bertz CT molecular complexity index is 478. The van der Waals surface area contributed by atoms with E-state index < -0.39 is 11.4 Å². The number of nitrogens with two attached hydrogens (primary N) is 2. The summed E-state index contributed by atoms with van der Waals surface area (Å²) in [7, 11) is 0. The highest BCUT2D eigenvalue weighted by Gasteiger charge is 2.43. The number of rotatable bonds is 6. The Balaban J connectivity index is 1.91. The lowest BCUT2D eigenvalue weighted by Crippen LogP contribution is -2.54. The van der Waals surface area contributed by atoms with Gasteiger partial charge in [0.15, 0.2) is 0 Å². The quantitative estimate of drug-likeness (QED) is 0.721. The normalized spacial score (nSPS) is 25.6. The summed E-state index contributed by atoms with van der Waals surface area (Å²) < 4.78 is 5.70. The molecule has 1 aromatic carbocycles. The van der Waals surface area contributed by atoms with Crippen molar-refractivity contribution in [1.29, 1.82) is 0 Å². The van der Waals surface area contributed by atoms with Gasteiger partial charge in [-0.15, -0.1) is 0 Å². The number of carbonyl (C=O) groups is 1. The Labute approximate surface area is 118 Å². The number of aliphatic hydroxyl groups excluding tert-OH is 1. The minimum atomic E-state index is -0.889. The van der Waals surface area contributed by atoms with E-state index in [9.17, 15) is 9.90 Å². The van der Waals surface area contributed by atoms with E-state index in [-0.39, 0.29) is 12.5 Å². The molecule has 2 rings (SSSR count). The number of hydrogen-bond acceptors (Lipinski definition) is 4. The van der Waals surface area contributed by atoms with Crippen molar-refractivity contribution in [3.05, 3.63) is 29.8 Å². The van der Waals surface area contributed by atoms with Crippen molar-refractivity contribution in [1.82, 2.24) is 0 Å². The molecule has 110 valence electrons. The fourth-order valence-corrected chi connectivity index (χ4v) is 2.92. The summed E-state index contributed by atoms with van der Waals surface area (Å²) in [5.41, 5.74) is 11.4. The summed E-state index contributed by atoms with van der Waals surface area (Å²) in [6, 6.07) is 7.36. The zero-order chi connectivity index (χ0) is 14.6. The SMILES string of the molecule is NC(=O)C1(N)CCCC1CCOc1ccccc1CO. The van der Waals surface area contributed by atoms with Crippen molar-refractivity contribution < 1.29 is 14.6 Å². The number of hydrogen-bond donors (Lipinski definition) is 3. The van der Waals surface area contributed by atoms with Crippen LogP contribution in [0.4, 0.5) is 0 Å². The van der Waals surface area contributed by atoms with Crippen molar-refractivity contribution in [2.45, 2.75) is 37.8 Å². The summed E-state index contributed by atoms with van der Waals surface area (Å²) in [5.74, 6) is 0.326. The minimum Gasteiger partial charge on any atom is -0.493 e. The first-order chi connectivity index (χ1) is 9.58. The van der Waals surface area contributed by atoms with Crippen LogP contribution in [0.5, 0.6) is 5.75 Å². The molecule has 2 unspecified atom stereocenters. The van der Waals surface area contributed by atoms with E-state index in [0.29, 0.717) is 25.2 Å². The number of amides is 1. The van der Waals surface area contributed by atoms with Crippen molar-refractivity contribution >= 4 is 5.91 Å². The number of carbonyl (C=O) groups excluding carboxylic acids is 1. The van der Waals surface area contributed by atoms with Crippen LogP contribution in [0.2, 0.25) is 0 Å². The Morgan fingerprint density at radius 2 is 2.20 bits per heavy atom. The van der Waals surface area contributed by atoms with Gasteiger partial charge in [-0.2, -0.15) is 0 Å². The Morgan fingerprint density at radius 3 is 2.90 bits per heavy atom. The molecule has 5 nitrogen and oxygen atoms in total. The Morgan fingerprint density at radius 1 is 1.45 bits per heavy atom. The lowest BCUT2D eigenvalue weighted by atomic mass is 9.85. The van der Waals surface area contributed by atoms with Gasteiger partial charge in [-0.05, 0) is 31.2 Å². The summed E-state index contributed by atoms with van der Waals surface area (Å²) >= 11 is 0. The Kier molecular flexibility index (Phi) is 4.62. The average molecular weight is 278 g/mol. The molecule has 0 spiro atoms. The van der Waals surface area contributed by atoms with Gasteiger partial charge >= 0.3 is 0 Å². The first-order valence-corrected chi connectivity index (χ1v) is 6.98. The van der Waals surface area contributed by atoms with Crippen molar-refractivity contribution in [3.63, 3.8) is 0 Å². The van der Waals surface area contributed by atoms with Gasteiger partial charge in [0.25, 0.3) is 0 Å². The zero-order valence-electron chi connectivity index (χ0n) is 11.5. The molecule has 1 aliphatic rings. The molecule has 0 heterocycles. The predicted octanol–water partition coefficient (Wildman–Crippen LogP) is 0.931. The topological polar surface area (TPSA) is 98.6 Å². The summed E-state index contributed by atoms with van der Waals surface area (Å²) in [5, 5.41) is 9.22. The molecule has 0 radical (unpaired) electrons. The zero-order valence-corrected chi connectivity index (χ0v) is 11.5. The van der Waals surface area contributed by atoms with Crippen LogP contribution in [0, 0.1) is 5.92 Å². The highest BCUT2D eigenvalue weighted by Crippen LogP contribution is 2.36. The summed E-state index contributed by atoms with van der Waals surface area (Å²) in [6.07, 6.45) is 3.18. The third-order valence-corrected chi connectivity index (χ3v) is 4.20. The maximum atomic E-state index is 11.5. The lowest BCUT2D eigenvalue weighted by molar-refractivity contribution is -0.124. The fraction of sp³-hybridized carbons (Fsp3) is 0.533. The van der Waals surface area contributed by atoms with Crippen LogP contribution in [0.1, 0.15) is 31.2 Å². The van der Waals surface area contributed by atoms with Gasteiger partial charge < -0.3 is 21.3 Å². The van der Waals surface area contributed by atoms with Crippen molar-refractivity contribution in [3.8, 4) is 5.75 Å². The smallest absolute Gasteiger partial charge is 0.237 e. The number of ether oxygens (including phenoxy) is 1. The van der Waals surface area contributed by atoms with Gasteiger partial charge in [0.05, 0.1) is 18.8 Å². The molecule has 0 bridgehead atoms. The minimum absolute atomic E-state index is 0.0539. The molecule has 0 aromatic heterocycles. The Hall–Kier alpha value is -1.59. The number of benzene rings is 1. The second-order valence-corrected chi connectivity index (χ2v) is 5.40. The molecule has 5 N–H and O–H groups in total. The molecule has 20 heavy (non-hydrogen) atoms. The van der Waals surface area contributed by atoms with Gasteiger partial charge in [-0.3, -0.25) is 4.79 Å². The standard InChI is InChI=1S/C15H22N2O3/c16-14(19)15(17)8-3-5-12(15)7-9-20-13-6-2-1-4-11(13)10-18/h1-2,4,6,12,18H,3,5,7-10,17H2,(H2,16,19). The van der Waals surface area contributed by atoms with Crippen molar-refractivity contribution in [2.75, 3.05) is 6.61 Å². The van der Waals surface area contributed by atoms with Gasteiger partial charge in [-0.25, -0.2) is 0 Å². The molecule has 1 amide bonds. The molecule has 1 aliphatic carbocycles. The van der Waals surface area contributed by atoms with Gasteiger partial charge in [0.1, 0.15) is 5.75 Å². The predicted molar refractivity (Wildman–Crippen MR) is 75.9 cm³/mol. The molecule has 0 aliphatic heterocycles. The molecule has 5 heteroatoms. The molecule has 0 saturated heterocycles. The highest BCUT2D eigenvalue weighted by atomic mass is 16.5. The average Bonchev–Trinajstić information content (AvgIpc) is 2.82. The van der Waals surface area contributed by atoms with E-state index >= 15 is 0 Å². The van der Waals surface area contributed by atoms with Crippen molar-refractivity contribution in [2.24, 2.45) is 17.4 Å². The first kappa shape index (κ1) is 14.8. The fourth-order valence-electron chi connectivity index (χ4n) is 2.92. The van der Waals surface area contributed by atoms with Gasteiger partial charge in [-0.1, -0.05) is 24.6 Å². The first-order valence-electron chi connectivity index (χ1n) is 6.98. The number of para-hydroxylation sites is 1. The van der Waals surface area contributed by atoms with Crippen LogP contribution in [0.25, 0.3) is 0 Å². The van der Waals surface area contributed by atoms with Crippen LogP contribution in [0.15, 0.2) is 24.3 Å². The van der Waals surface area contributed by atoms with Crippen LogP contribution in [0.3, 0.4) is 0 Å². The van der Waals surface area contributed by atoms with E-state index in [4.69, 9.17) is 16.2 Å².